The molecule has 2 atom stereocenters. The zero-order valence-corrected chi connectivity index (χ0v) is 11.3. The number of likely N-dealkylation sites (tertiary alicyclic amines) is 1. The van der Waals surface area contributed by atoms with Gasteiger partial charge in [0.1, 0.15) is 0 Å². The molecule has 0 bridgehead atoms. The maximum absolute atomic E-state index is 12.7. The molecule has 2 aliphatic heterocycles. The summed E-state index contributed by atoms with van der Waals surface area (Å²) in [5.41, 5.74) is 1.48. The van der Waals surface area contributed by atoms with E-state index in [1.54, 1.807) is 0 Å². The molecule has 5 heteroatoms. The molecule has 3 heterocycles. The van der Waals surface area contributed by atoms with Crippen LogP contribution in [0.5, 0.6) is 0 Å². The maximum atomic E-state index is 12.7. The molecule has 2 aliphatic rings. The Bertz CT molecular complexity index is 636. The van der Waals surface area contributed by atoms with Gasteiger partial charge in [-0.3, -0.25) is 9.89 Å². The molecule has 0 radical (unpaired) electrons. The molecule has 2 N–H and O–H groups in total. The first-order valence-corrected chi connectivity index (χ1v) is 7.29. The number of para-hydroxylation sites is 1. The quantitative estimate of drug-likeness (QED) is 0.823. The molecule has 0 spiro atoms. The molecular formula is C15H18N4O. The number of fused-ring (bicyclic) bond motifs is 2. The lowest BCUT2D eigenvalue weighted by Gasteiger charge is -2.24. The summed E-state index contributed by atoms with van der Waals surface area (Å²) in [7, 11) is 0. The largest absolute Gasteiger partial charge is 0.335 e. The van der Waals surface area contributed by atoms with Crippen molar-refractivity contribution in [1.29, 1.82) is 0 Å². The first kappa shape index (κ1) is 11.9. The van der Waals surface area contributed by atoms with E-state index in [1.807, 2.05) is 29.2 Å². The summed E-state index contributed by atoms with van der Waals surface area (Å²) in [5.74, 6) is 0.663. The Morgan fingerprint density at radius 2 is 2.20 bits per heavy atom. The van der Waals surface area contributed by atoms with Crippen molar-refractivity contribution in [2.45, 2.75) is 18.9 Å². The molecule has 0 unspecified atom stereocenters. The minimum atomic E-state index is 0.0543. The smallest absolute Gasteiger partial charge is 0.275 e. The van der Waals surface area contributed by atoms with Crippen LogP contribution in [-0.2, 0) is 0 Å². The number of hydrogen-bond donors (Lipinski definition) is 2. The fourth-order valence-corrected chi connectivity index (χ4v) is 3.49. The molecule has 0 saturated carbocycles. The molecule has 5 nitrogen and oxygen atoms in total. The summed E-state index contributed by atoms with van der Waals surface area (Å²) in [4.78, 5) is 14.6. The van der Waals surface area contributed by atoms with Gasteiger partial charge in [0.2, 0.25) is 0 Å². The van der Waals surface area contributed by atoms with Crippen molar-refractivity contribution >= 4 is 16.8 Å². The lowest BCUT2D eigenvalue weighted by atomic mass is 9.94. The van der Waals surface area contributed by atoms with Crippen LogP contribution >= 0.6 is 0 Å². The predicted octanol–water partition coefficient (Wildman–Crippen LogP) is 1.39. The Kier molecular flexibility index (Phi) is 2.73. The van der Waals surface area contributed by atoms with Crippen molar-refractivity contribution in [2.24, 2.45) is 5.92 Å². The molecule has 2 fully saturated rings. The van der Waals surface area contributed by atoms with Gasteiger partial charge in [-0.1, -0.05) is 18.2 Å². The van der Waals surface area contributed by atoms with E-state index in [0.29, 0.717) is 17.7 Å². The van der Waals surface area contributed by atoms with E-state index >= 15 is 0 Å². The van der Waals surface area contributed by atoms with Crippen LogP contribution < -0.4 is 5.32 Å². The van der Waals surface area contributed by atoms with Gasteiger partial charge in [0.05, 0.1) is 5.52 Å². The van der Waals surface area contributed by atoms with Gasteiger partial charge < -0.3 is 10.2 Å². The second kappa shape index (κ2) is 4.59. The van der Waals surface area contributed by atoms with E-state index in [-0.39, 0.29) is 5.91 Å². The molecule has 20 heavy (non-hydrogen) atoms. The number of aromatic amines is 1. The Balaban J connectivity index is 1.61. The van der Waals surface area contributed by atoms with E-state index < -0.39 is 0 Å². The van der Waals surface area contributed by atoms with E-state index in [1.165, 1.54) is 12.8 Å². The van der Waals surface area contributed by atoms with Crippen LogP contribution in [0.25, 0.3) is 10.9 Å². The summed E-state index contributed by atoms with van der Waals surface area (Å²) in [6, 6.07) is 8.26. The molecule has 104 valence electrons. The van der Waals surface area contributed by atoms with Gasteiger partial charge in [0.15, 0.2) is 5.69 Å². The summed E-state index contributed by atoms with van der Waals surface area (Å²) >= 11 is 0. The summed E-state index contributed by atoms with van der Waals surface area (Å²) in [6.07, 6.45) is 2.44. The number of nitrogens with zero attached hydrogens (tertiary/aromatic N) is 2. The maximum Gasteiger partial charge on any atom is 0.275 e. The van der Waals surface area contributed by atoms with Gasteiger partial charge >= 0.3 is 0 Å². The number of carbonyl (C=O) groups is 1. The third-order valence-corrected chi connectivity index (χ3v) is 4.56. The Morgan fingerprint density at radius 1 is 1.30 bits per heavy atom. The van der Waals surface area contributed by atoms with Crippen molar-refractivity contribution in [1.82, 2.24) is 20.4 Å². The second-order valence-corrected chi connectivity index (χ2v) is 5.79. The average Bonchev–Trinajstić information content (AvgIpc) is 3.10. The minimum absolute atomic E-state index is 0.0543. The lowest BCUT2D eigenvalue weighted by Crippen LogP contribution is -2.41. The van der Waals surface area contributed by atoms with Gasteiger partial charge in [-0.2, -0.15) is 5.10 Å². The van der Waals surface area contributed by atoms with Crippen LogP contribution in [0.4, 0.5) is 0 Å². The number of H-pyrrole nitrogens is 1. The SMILES string of the molecule is O=C(c1n[nH]c2ccccc12)N1C[C@@H]2CCCN[C@@H]2C1. The number of piperidine rings is 1. The molecule has 4 rings (SSSR count). The topological polar surface area (TPSA) is 61.0 Å². The average molecular weight is 270 g/mol. The van der Waals surface area contributed by atoms with Crippen molar-refractivity contribution in [3.8, 4) is 0 Å². The Hall–Kier alpha value is -1.88. The van der Waals surface area contributed by atoms with Crippen LogP contribution in [-0.4, -0.2) is 46.7 Å². The van der Waals surface area contributed by atoms with Gasteiger partial charge in [0, 0.05) is 24.5 Å². The molecule has 2 aromatic rings. The monoisotopic (exact) mass is 270 g/mol. The summed E-state index contributed by atoms with van der Waals surface area (Å²) < 4.78 is 0. The van der Waals surface area contributed by atoms with Crippen LogP contribution in [0.1, 0.15) is 23.3 Å². The van der Waals surface area contributed by atoms with Crippen LogP contribution in [0.15, 0.2) is 24.3 Å². The fraction of sp³-hybridized carbons (Fsp3) is 0.467. The van der Waals surface area contributed by atoms with Crippen molar-refractivity contribution in [3.63, 3.8) is 0 Å². The van der Waals surface area contributed by atoms with Crippen LogP contribution in [0, 0.1) is 5.92 Å². The first-order valence-electron chi connectivity index (χ1n) is 7.29. The van der Waals surface area contributed by atoms with Gasteiger partial charge in [-0.15, -0.1) is 0 Å². The van der Waals surface area contributed by atoms with E-state index in [2.05, 4.69) is 15.5 Å². The fourth-order valence-electron chi connectivity index (χ4n) is 3.49. The van der Waals surface area contributed by atoms with Gasteiger partial charge in [-0.05, 0) is 31.4 Å². The van der Waals surface area contributed by atoms with E-state index in [9.17, 15) is 4.79 Å². The number of carbonyl (C=O) groups excluding carboxylic acids is 1. The first-order chi connectivity index (χ1) is 9.83. The number of hydrogen-bond acceptors (Lipinski definition) is 3. The van der Waals surface area contributed by atoms with Crippen molar-refractivity contribution in [3.05, 3.63) is 30.0 Å². The zero-order chi connectivity index (χ0) is 13.5. The third-order valence-electron chi connectivity index (χ3n) is 4.56. The zero-order valence-electron chi connectivity index (χ0n) is 11.3. The van der Waals surface area contributed by atoms with Crippen LogP contribution in [0.2, 0.25) is 0 Å². The Morgan fingerprint density at radius 3 is 3.10 bits per heavy atom. The van der Waals surface area contributed by atoms with Gasteiger partial charge in [-0.25, -0.2) is 0 Å². The summed E-state index contributed by atoms with van der Waals surface area (Å²) in [5, 5.41) is 11.6. The molecule has 1 aromatic carbocycles. The number of amides is 1. The number of rotatable bonds is 1. The van der Waals surface area contributed by atoms with Crippen molar-refractivity contribution < 1.29 is 4.79 Å². The number of benzene rings is 1. The molecule has 2 saturated heterocycles. The highest BCUT2D eigenvalue weighted by Crippen LogP contribution is 2.27. The predicted molar refractivity (Wildman–Crippen MR) is 76.5 cm³/mol. The van der Waals surface area contributed by atoms with Crippen molar-refractivity contribution in [2.75, 3.05) is 19.6 Å². The second-order valence-electron chi connectivity index (χ2n) is 5.79. The molecule has 1 amide bonds. The van der Waals surface area contributed by atoms with Gasteiger partial charge in [0.25, 0.3) is 5.91 Å². The minimum Gasteiger partial charge on any atom is -0.335 e. The molecule has 0 aliphatic carbocycles. The highest BCUT2D eigenvalue weighted by molar-refractivity contribution is 6.04. The van der Waals surface area contributed by atoms with E-state index in [4.69, 9.17) is 0 Å². The Labute approximate surface area is 117 Å². The van der Waals surface area contributed by atoms with Crippen LogP contribution in [0.3, 0.4) is 0 Å². The normalized spacial score (nSPS) is 25.9. The number of aromatic nitrogens is 2. The number of nitrogens with one attached hydrogen (secondary N) is 2. The summed E-state index contributed by atoms with van der Waals surface area (Å²) in [6.45, 7) is 2.75. The molecule has 1 aromatic heterocycles. The highest BCUT2D eigenvalue weighted by atomic mass is 16.2. The lowest BCUT2D eigenvalue weighted by molar-refractivity contribution is 0.0781. The third kappa shape index (κ3) is 1.81. The molecular weight excluding hydrogens is 252 g/mol. The highest BCUT2D eigenvalue weighted by Gasteiger charge is 2.37. The standard InChI is InChI=1S/C15H18N4O/c20-15(14-11-5-1-2-6-12(11)17-18-14)19-8-10-4-3-7-16-13(10)9-19/h1-2,5-6,10,13,16H,3-4,7-9H2,(H,17,18)/t10-,13+/m0/s1. The van der Waals surface area contributed by atoms with E-state index in [0.717, 1.165) is 30.5 Å².